The summed E-state index contributed by atoms with van der Waals surface area (Å²) in [5.41, 5.74) is 0.869. The zero-order valence-corrected chi connectivity index (χ0v) is 15.8. The maximum atomic E-state index is 14.0. The molecule has 0 radical (unpaired) electrons. The first-order valence-corrected chi connectivity index (χ1v) is 9.30. The molecule has 0 N–H and O–H groups in total. The second-order valence-electron chi connectivity index (χ2n) is 7.36. The lowest BCUT2D eigenvalue weighted by molar-refractivity contribution is -0.130. The van der Waals surface area contributed by atoms with Gasteiger partial charge >= 0.3 is 0 Å². The first kappa shape index (κ1) is 18.4. The second-order valence-corrected chi connectivity index (χ2v) is 7.36. The topological polar surface area (TPSA) is 62.7 Å². The Bertz CT molecular complexity index is 902. The van der Waals surface area contributed by atoms with Crippen LogP contribution in [0.2, 0.25) is 0 Å². The molecule has 2 aromatic rings. The van der Waals surface area contributed by atoms with Crippen molar-refractivity contribution in [2.45, 2.75) is 13.0 Å². The summed E-state index contributed by atoms with van der Waals surface area (Å²) in [5.74, 6) is 0.0297. The van der Waals surface area contributed by atoms with Crippen molar-refractivity contribution in [1.29, 1.82) is 0 Å². The first-order chi connectivity index (χ1) is 13.5. The maximum absolute atomic E-state index is 14.0. The molecule has 4 rings (SSSR count). The van der Waals surface area contributed by atoms with Crippen molar-refractivity contribution in [2.24, 2.45) is 11.8 Å². The van der Waals surface area contributed by atoms with Crippen LogP contribution in [-0.4, -0.2) is 53.3 Å². The molecule has 0 aliphatic carbocycles. The van der Waals surface area contributed by atoms with E-state index in [1.54, 1.807) is 18.9 Å². The van der Waals surface area contributed by atoms with Gasteiger partial charge in [0.05, 0.1) is 13.2 Å². The Morgan fingerprint density at radius 3 is 2.54 bits per heavy atom. The summed E-state index contributed by atoms with van der Waals surface area (Å²) in [6.45, 7) is 3.13. The summed E-state index contributed by atoms with van der Waals surface area (Å²) in [7, 11) is 1.61. The Kier molecular flexibility index (Phi) is 4.75. The SMILES string of the molecule is COc1ccc([C@H]2[C@@H]3CN(C(=O)c4ncccc4F)C[C@@H]3CN2C(C)=O)cc1. The van der Waals surface area contributed by atoms with Gasteiger partial charge in [0.15, 0.2) is 11.5 Å². The summed E-state index contributed by atoms with van der Waals surface area (Å²) < 4.78 is 19.2. The van der Waals surface area contributed by atoms with Crippen molar-refractivity contribution in [2.75, 3.05) is 26.7 Å². The van der Waals surface area contributed by atoms with E-state index in [0.29, 0.717) is 19.6 Å². The van der Waals surface area contributed by atoms with Crippen LogP contribution in [0.4, 0.5) is 4.39 Å². The number of ether oxygens (including phenoxy) is 1. The van der Waals surface area contributed by atoms with E-state index in [9.17, 15) is 14.0 Å². The highest BCUT2D eigenvalue weighted by atomic mass is 19.1. The fourth-order valence-corrected chi connectivity index (χ4v) is 4.46. The van der Waals surface area contributed by atoms with E-state index in [-0.39, 0.29) is 29.5 Å². The Hall–Kier alpha value is -2.96. The van der Waals surface area contributed by atoms with E-state index in [1.807, 2.05) is 29.2 Å². The second kappa shape index (κ2) is 7.22. The standard InChI is InChI=1S/C21H22FN3O3/c1-13(26)25-11-15-10-24(21(27)19-18(22)4-3-9-23-19)12-17(15)20(25)14-5-7-16(28-2)8-6-14/h3-9,15,17,20H,10-12H2,1-2H3/t15-,17-,20+/m1/s1. The highest BCUT2D eigenvalue weighted by molar-refractivity contribution is 5.92. The maximum Gasteiger partial charge on any atom is 0.275 e. The Balaban J connectivity index is 1.59. The van der Waals surface area contributed by atoms with Gasteiger partial charge in [-0.3, -0.25) is 9.59 Å². The molecule has 2 aliphatic heterocycles. The zero-order chi connectivity index (χ0) is 19.8. The number of benzene rings is 1. The van der Waals surface area contributed by atoms with Gasteiger partial charge in [0, 0.05) is 44.6 Å². The fourth-order valence-electron chi connectivity index (χ4n) is 4.46. The third-order valence-electron chi connectivity index (χ3n) is 5.77. The summed E-state index contributed by atoms with van der Waals surface area (Å²) in [6, 6.07) is 10.3. The van der Waals surface area contributed by atoms with Gasteiger partial charge in [0.1, 0.15) is 5.75 Å². The largest absolute Gasteiger partial charge is 0.497 e. The molecule has 1 aromatic heterocycles. The van der Waals surface area contributed by atoms with Crippen molar-refractivity contribution >= 4 is 11.8 Å². The van der Waals surface area contributed by atoms with E-state index in [0.717, 1.165) is 11.3 Å². The van der Waals surface area contributed by atoms with Crippen molar-refractivity contribution in [1.82, 2.24) is 14.8 Å². The average Bonchev–Trinajstić information content (AvgIpc) is 3.26. The zero-order valence-electron chi connectivity index (χ0n) is 15.8. The molecule has 28 heavy (non-hydrogen) atoms. The summed E-state index contributed by atoms with van der Waals surface area (Å²) in [4.78, 5) is 32.4. The van der Waals surface area contributed by atoms with Crippen LogP contribution < -0.4 is 4.74 Å². The summed E-state index contributed by atoms with van der Waals surface area (Å²) >= 11 is 0. The Morgan fingerprint density at radius 1 is 1.14 bits per heavy atom. The smallest absolute Gasteiger partial charge is 0.275 e. The van der Waals surface area contributed by atoms with Gasteiger partial charge in [-0.15, -0.1) is 0 Å². The number of rotatable bonds is 3. The molecule has 1 aromatic carbocycles. The van der Waals surface area contributed by atoms with Crippen LogP contribution in [0.25, 0.3) is 0 Å². The number of aromatic nitrogens is 1. The van der Waals surface area contributed by atoms with E-state index in [1.165, 1.54) is 18.3 Å². The van der Waals surface area contributed by atoms with E-state index < -0.39 is 11.7 Å². The van der Waals surface area contributed by atoms with Crippen LogP contribution in [0.15, 0.2) is 42.6 Å². The predicted octanol–water partition coefficient (Wildman–Crippen LogP) is 2.52. The van der Waals surface area contributed by atoms with Gasteiger partial charge in [-0.1, -0.05) is 12.1 Å². The number of fused-ring (bicyclic) bond motifs is 1. The Morgan fingerprint density at radius 2 is 1.89 bits per heavy atom. The van der Waals surface area contributed by atoms with Crippen LogP contribution in [-0.2, 0) is 4.79 Å². The molecule has 6 nitrogen and oxygen atoms in total. The van der Waals surface area contributed by atoms with Gasteiger partial charge in [0.25, 0.3) is 5.91 Å². The molecule has 146 valence electrons. The molecule has 0 unspecified atom stereocenters. The number of methoxy groups -OCH3 is 1. The van der Waals surface area contributed by atoms with Gasteiger partial charge < -0.3 is 14.5 Å². The molecule has 2 fully saturated rings. The number of nitrogens with zero attached hydrogens (tertiary/aromatic N) is 3. The molecule has 0 bridgehead atoms. The van der Waals surface area contributed by atoms with Crippen LogP contribution in [0, 0.1) is 17.7 Å². The highest BCUT2D eigenvalue weighted by Crippen LogP contribution is 2.45. The van der Waals surface area contributed by atoms with Gasteiger partial charge in [-0.2, -0.15) is 0 Å². The molecule has 3 atom stereocenters. The molecule has 0 spiro atoms. The molecular weight excluding hydrogens is 361 g/mol. The van der Waals surface area contributed by atoms with Gasteiger partial charge in [-0.05, 0) is 29.8 Å². The molecule has 2 aliphatic rings. The van der Waals surface area contributed by atoms with Crippen molar-refractivity contribution in [3.05, 3.63) is 59.7 Å². The number of halogens is 1. The number of hydrogen-bond donors (Lipinski definition) is 0. The van der Waals surface area contributed by atoms with Crippen molar-refractivity contribution < 1.29 is 18.7 Å². The van der Waals surface area contributed by atoms with Gasteiger partial charge in [0.2, 0.25) is 5.91 Å². The van der Waals surface area contributed by atoms with Crippen LogP contribution in [0.5, 0.6) is 5.75 Å². The minimum Gasteiger partial charge on any atom is -0.497 e. The van der Waals surface area contributed by atoms with E-state index in [4.69, 9.17) is 4.74 Å². The molecule has 3 heterocycles. The number of carbonyl (C=O) groups excluding carboxylic acids is 2. The monoisotopic (exact) mass is 383 g/mol. The van der Waals surface area contributed by atoms with Crippen molar-refractivity contribution in [3.63, 3.8) is 0 Å². The third-order valence-corrected chi connectivity index (χ3v) is 5.77. The third kappa shape index (κ3) is 3.10. The van der Waals surface area contributed by atoms with E-state index in [2.05, 4.69) is 4.98 Å². The highest BCUT2D eigenvalue weighted by Gasteiger charge is 2.49. The molecule has 7 heteroatoms. The van der Waals surface area contributed by atoms with E-state index >= 15 is 0 Å². The van der Waals surface area contributed by atoms with Crippen molar-refractivity contribution in [3.8, 4) is 5.75 Å². The Labute approximate surface area is 162 Å². The van der Waals surface area contributed by atoms with Crippen LogP contribution >= 0.6 is 0 Å². The minimum absolute atomic E-state index is 0.0175. The average molecular weight is 383 g/mol. The minimum atomic E-state index is -0.610. The number of hydrogen-bond acceptors (Lipinski definition) is 4. The lowest BCUT2D eigenvalue weighted by atomic mass is 9.89. The lowest BCUT2D eigenvalue weighted by Gasteiger charge is -2.29. The fraction of sp³-hybridized carbons (Fsp3) is 0.381. The number of carbonyl (C=O) groups is 2. The quantitative estimate of drug-likeness (QED) is 0.817. The van der Waals surface area contributed by atoms with Crippen LogP contribution in [0.3, 0.4) is 0 Å². The van der Waals surface area contributed by atoms with Crippen LogP contribution in [0.1, 0.15) is 29.0 Å². The summed E-state index contributed by atoms with van der Waals surface area (Å²) in [5, 5.41) is 0. The first-order valence-electron chi connectivity index (χ1n) is 9.30. The normalized spacial score (nSPS) is 23.6. The lowest BCUT2D eigenvalue weighted by Crippen LogP contribution is -2.37. The number of amides is 2. The van der Waals surface area contributed by atoms with Gasteiger partial charge in [-0.25, -0.2) is 9.37 Å². The molecule has 2 saturated heterocycles. The molecule has 0 saturated carbocycles. The predicted molar refractivity (Wildman–Crippen MR) is 100 cm³/mol. The molecule has 2 amide bonds. The molecular formula is C21H22FN3O3. The number of likely N-dealkylation sites (tertiary alicyclic amines) is 2. The number of pyridine rings is 1. The summed E-state index contributed by atoms with van der Waals surface area (Å²) in [6.07, 6.45) is 1.42.